The van der Waals surface area contributed by atoms with Gasteiger partial charge in [0.25, 0.3) is 5.91 Å². The topological polar surface area (TPSA) is 70.6 Å². The molecule has 0 saturated carbocycles. The molecular formula is C15H23N5O2. The fourth-order valence-electron chi connectivity index (χ4n) is 2.78. The predicted molar refractivity (Wildman–Crippen MR) is 82.9 cm³/mol. The summed E-state index contributed by atoms with van der Waals surface area (Å²) in [5.41, 5.74) is 0.431. The van der Waals surface area contributed by atoms with Gasteiger partial charge >= 0.3 is 0 Å². The molecule has 2 fully saturated rings. The third-order valence-corrected chi connectivity index (χ3v) is 4.10. The fraction of sp³-hybridized carbons (Fsp3) is 0.667. The Hall–Kier alpha value is -1.73. The van der Waals surface area contributed by atoms with Crippen molar-refractivity contribution in [3.05, 3.63) is 18.1 Å². The summed E-state index contributed by atoms with van der Waals surface area (Å²) in [6.07, 6.45) is 5.38. The zero-order valence-corrected chi connectivity index (χ0v) is 12.8. The van der Waals surface area contributed by atoms with E-state index < -0.39 is 0 Å². The van der Waals surface area contributed by atoms with Crippen LogP contribution in [-0.2, 0) is 4.74 Å². The van der Waals surface area contributed by atoms with Gasteiger partial charge in [-0.1, -0.05) is 0 Å². The second kappa shape index (κ2) is 7.51. The maximum Gasteiger partial charge on any atom is 0.274 e. The highest BCUT2D eigenvalue weighted by Crippen LogP contribution is 2.11. The largest absolute Gasteiger partial charge is 0.379 e. The summed E-state index contributed by atoms with van der Waals surface area (Å²) >= 11 is 0. The minimum absolute atomic E-state index is 0.00938. The first-order valence-corrected chi connectivity index (χ1v) is 7.98. The third kappa shape index (κ3) is 3.92. The number of aromatic nitrogens is 2. The van der Waals surface area contributed by atoms with Gasteiger partial charge in [-0.3, -0.25) is 9.69 Å². The molecule has 120 valence electrons. The molecule has 2 saturated heterocycles. The van der Waals surface area contributed by atoms with Crippen LogP contribution in [0, 0.1) is 0 Å². The van der Waals surface area contributed by atoms with Crippen molar-refractivity contribution in [3.63, 3.8) is 0 Å². The SMILES string of the molecule is O=C(c1cnc(NCCN2CCOCC2)cn1)N1CCCC1. The number of hydrogen-bond donors (Lipinski definition) is 1. The molecule has 1 N–H and O–H groups in total. The molecule has 0 bridgehead atoms. The van der Waals surface area contributed by atoms with Crippen molar-refractivity contribution < 1.29 is 9.53 Å². The molecule has 2 aliphatic heterocycles. The van der Waals surface area contributed by atoms with Crippen LogP contribution in [0.4, 0.5) is 5.82 Å². The maximum atomic E-state index is 12.2. The molecule has 0 aromatic carbocycles. The fourth-order valence-corrected chi connectivity index (χ4v) is 2.78. The maximum absolute atomic E-state index is 12.2. The average molecular weight is 305 g/mol. The van der Waals surface area contributed by atoms with E-state index in [2.05, 4.69) is 20.2 Å². The van der Waals surface area contributed by atoms with Crippen molar-refractivity contribution in [1.29, 1.82) is 0 Å². The van der Waals surface area contributed by atoms with Gasteiger partial charge in [0.2, 0.25) is 0 Å². The summed E-state index contributed by atoms with van der Waals surface area (Å²) in [5, 5.41) is 3.25. The highest BCUT2D eigenvalue weighted by molar-refractivity contribution is 5.92. The molecule has 0 unspecified atom stereocenters. The summed E-state index contributed by atoms with van der Waals surface area (Å²) in [6.45, 7) is 7.03. The number of anilines is 1. The lowest BCUT2D eigenvalue weighted by molar-refractivity contribution is 0.0398. The van der Waals surface area contributed by atoms with Gasteiger partial charge in [0.1, 0.15) is 11.5 Å². The molecule has 1 aromatic heterocycles. The lowest BCUT2D eigenvalue weighted by atomic mass is 10.4. The number of nitrogens with zero attached hydrogens (tertiary/aromatic N) is 4. The van der Waals surface area contributed by atoms with E-state index in [0.29, 0.717) is 11.5 Å². The Labute approximate surface area is 130 Å². The van der Waals surface area contributed by atoms with Crippen LogP contribution in [0.1, 0.15) is 23.3 Å². The van der Waals surface area contributed by atoms with Crippen molar-refractivity contribution in [2.75, 3.05) is 57.8 Å². The minimum Gasteiger partial charge on any atom is -0.379 e. The van der Waals surface area contributed by atoms with E-state index >= 15 is 0 Å². The highest BCUT2D eigenvalue weighted by atomic mass is 16.5. The van der Waals surface area contributed by atoms with E-state index in [-0.39, 0.29) is 5.91 Å². The Morgan fingerprint density at radius 2 is 1.91 bits per heavy atom. The minimum atomic E-state index is -0.00938. The second-order valence-electron chi connectivity index (χ2n) is 5.67. The van der Waals surface area contributed by atoms with E-state index in [9.17, 15) is 4.79 Å². The summed E-state index contributed by atoms with van der Waals surface area (Å²) in [6, 6.07) is 0. The lowest BCUT2D eigenvalue weighted by Crippen LogP contribution is -2.39. The number of carbonyl (C=O) groups is 1. The first kappa shape index (κ1) is 15.2. The molecule has 2 aliphatic rings. The second-order valence-corrected chi connectivity index (χ2v) is 5.67. The van der Waals surface area contributed by atoms with Crippen LogP contribution in [0.15, 0.2) is 12.4 Å². The Morgan fingerprint density at radius 1 is 1.14 bits per heavy atom. The number of carbonyl (C=O) groups excluding carboxylic acids is 1. The molecule has 7 heteroatoms. The molecule has 7 nitrogen and oxygen atoms in total. The van der Waals surface area contributed by atoms with Crippen LogP contribution >= 0.6 is 0 Å². The summed E-state index contributed by atoms with van der Waals surface area (Å²) in [4.78, 5) is 24.9. The Bertz CT molecular complexity index is 481. The van der Waals surface area contributed by atoms with Crippen LogP contribution < -0.4 is 5.32 Å². The van der Waals surface area contributed by atoms with Crippen LogP contribution in [-0.4, -0.2) is 78.2 Å². The molecule has 0 spiro atoms. The van der Waals surface area contributed by atoms with Gasteiger partial charge in [-0.25, -0.2) is 9.97 Å². The number of hydrogen-bond acceptors (Lipinski definition) is 6. The number of amides is 1. The zero-order valence-electron chi connectivity index (χ0n) is 12.8. The van der Waals surface area contributed by atoms with E-state index in [0.717, 1.165) is 65.3 Å². The molecular weight excluding hydrogens is 282 g/mol. The molecule has 0 aliphatic carbocycles. The van der Waals surface area contributed by atoms with Crippen LogP contribution in [0.25, 0.3) is 0 Å². The number of likely N-dealkylation sites (tertiary alicyclic amines) is 1. The summed E-state index contributed by atoms with van der Waals surface area (Å²) in [7, 11) is 0. The number of nitrogens with one attached hydrogen (secondary N) is 1. The average Bonchev–Trinajstić information content (AvgIpc) is 3.10. The summed E-state index contributed by atoms with van der Waals surface area (Å²) in [5.74, 6) is 0.705. The van der Waals surface area contributed by atoms with E-state index in [1.54, 1.807) is 12.4 Å². The predicted octanol–water partition coefficient (Wildman–Crippen LogP) is 0.457. The van der Waals surface area contributed by atoms with Gasteiger partial charge in [-0.15, -0.1) is 0 Å². The number of morpholine rings is 1. The molecule has 3 rings (SSSR count). The smallest absolute Gasteiger partial charge is 0.274 e. The molecule has 1 amide bonds. The van der Waals surface area contributed by atoms with Crippen molar-refractivity contribution in [2.45, 2.75) is 12.8 Å². The summed E-state index contributed by atoms with van der Waals surface area (Å²) < 4.78 is 5.32. The molecule has 1 aromatic rings. The van der Waals surface area contributed by atoms with E-state index in [1.807, 2.05) is 4.90 Å². The number of rotatable bonds is 5. The van der Waals surface area contributed by atoms with Crippen molar-refractivity contribution in [1.82, 2.24) is 19.8 Å². The Balaban J connectivity index is 1.45. The van der Waals surface area contributed by atoms with Gasteiger partial charge in [-0.2, -0.15) is 0 Å². The standard InChI is InChI=1S/C15H23N5O2/c21-15(20-4-1-2-5-20)13-11-18-14(12-17-13)16-3-6-19-7-9-22-10-8-19/h11-12H,1-10H2,(H,16,18). The van der Waals surface area contributed by atoms with Gasteiger partial charge in [0.05, 0.1) is 25.6 Å². The normalized spacial score (nSPS) is 19.4. The van der Waals surface area contributed by atoms with Crippen molar-refractivity contribution >= 4 is 11.7 Å². The zero-order chi connectivity index (χ0) is 15.2. The Morgan fingerprint density at radius 3 is 2.59 bits per heavy atom. The van der Waals surface area contributed by atoms with Gasteiger partial charge < -0.3 is 15.0 Å². The molecule has 3 heterocycles. The first-order valence-electron chi connectivity index (χ1n) is 7.98. The van der Waals surface area contributed by atoms with Gasteiger partial charge in [0, 0.05) is 39.3 Å². The van der Waals surface area contributed by atoms with Crippen LogP contribution in [0.3, 0.4) is 0 Å². The third-order valence-electron chi connectivity index (χ3n) is 4.10. The van der Waals surface area contributed by atoms with Gasteiger partial charge in [0.15, 0.2) is 0 Å². The molecule has 22 heavy (non-hydrogen) atoms. The molecule has 0 radical (unpaired) electrons. The quantitative estimate of drug-likeness (QED) is 0.852. The van der Waals surface area contributed by atoms with E-state index in [1.165, 1.54) is 0 Å². The first-order chi connectivity index (χ1) is 10.8. The van der Waals surface area contributed by atoms with Crippen LogP contribution in [0.5, 0.6) is 0 Å². The highest BCUT2D eigenvalue weighted by Gasteiger charge is 2.20. The Kier molecular flexibility index (Phi) is 5.18. The van der Waals surface area contributed by atoms with Gasteiger partial charge in [-0.05, 0) is 12.8 Å². The monoisotopic (exact) mass is 305 g/mol. The lowest BCUT2D eigenvalue weighted by Gasteiger charge is -2.26. The van der Waals surface area contributed by atoms with Crippen LogP contribution in [0.2, 0.25) is 0 Å². The molecule has 0 atom stereocenters. The van der Waals surface area contributed by atoms with E-state index in [4.69, 9.17) is 4.74 Å². The van der Waals surface area contributed by atoms with Crippen molar-refractivity contribution in [2.24, 2.45) is 0 Å². The van der Waals surface area contributed by atoms with Crippen molar-refractivity contribution in [3.8, 4) is 0 Å². The number of ether oxygens (including phenoxy) is 1.